The van der Waals surface area contributed by atoms with Crippen molar-refractivity contribution in [2.24, 2.45) is 0 Å². The van der Waals surface area contributed by atoms with Crippen molar-refractivity contribution >= 4 is 45.5 Å². The van der Waals surface area contributed by atoms with Gasteiger partial charge in [0.1, 0.15) is 23.3 Å². The van der Waals surface area contributed by atoms with Crippen molar-refractivity contribution in [2.75, 3.05) is 45.7 Å². The molecular weight excluding hydrogens is 585 g/mol. The van der Waals surface area contributed by atoms with Crippen LogP contribution in [0.4, 0.5) is 11.4 Å². The van der Waals surface area contributed by atoms with E-state index in [1.807, 2.05) is 12.1 Å². The summed E-state index contributed by atoms with van der Waals surface area (Å²) in [7, 11) is 3.17. The van der Waals surface area contributed by atoms with Gasteiger partial charge in [-0.05, 0) is 37.1 Å². The summed E-state index contributed by atoms with van der Waals surface area (Å²) in [6.07, 6.45) is 10.2. The van der Waals surface area contributed by atoms with Gasteiger partial charge in [-0.1, -0.05) is 42.5 Å². The summed E-state index contributed by atoms with van der Waals surface area (Å²) in [4.78, 5) is 9.75. The lowest BCUT2D eigenvalue weighted by atomic mass is 9.94. The second-order valence-electron chi connectivity index (χ2n) is 11.2. The van der Waals surface area contributed by atoms with E-state index in [2.05, 4.69) is 32.2 Å². The lowest BCUT2D eigenvalue weighted by Crippen LogP contribution is -2.50. The van der Waals surface area contributed by atoms with Crippen molar-refractivity contribution in [1.82, 2.24) is 14.8 Å². The molecule has 2 aromatic heterocycles. The van der Waals surface area contributed by atoms with E-state index in [9.17, 15) is 5.26 Å². The molecule has 2 aliphatic rings. The molecule has 8 nitrogen and oxygen atoms in total. The van der Waals surface area contributed by atoms with Crippen LogP contribution in [0.2, 0.25) is 10.0 Å². The highest BCUT2D eigenvalue weighted by Crippen LogP contribution is 2.41. The zero-order chi connectivity index (χ0) is 29.9. The first-order valence-corrected chi connectivity index (χ1v) is 15.5. The maximum Gasteiger partial charge on any atom is 0.139 e. The third-order valence-electron chi connectivity index (χ3n) is 8.65. The molecule has 0 amide bonds. The van der Waals surface area contributed by atoms with Gasteiger partial charge in [-0.15, -0.1) is 0 Å². The Balaban J connectivity index is 1.24. The highest BCUT2D eigenvalue weighted by Gasteiger charge is 2.26. The number of ether oxygens (including phenoxy) is 2. The summed E-state index contributed by atoms with van der Waals surface area (Å²) < 4.78 is 17.2. The minimum Gasteiger partial charge on any atom is -0.496 e. The molecule has 2 fully saturated rings. The van der Waals surface area contributed by atoms with E-state index >= 15 is 0 Å². The Morgan fingerprint density at radius 2 is 1.74 bits per heavy atom. The monoisotopic (exact) mass is 619 g/mol. The smallest absolute Gasteiger partial charge is 0.139 e. The van der Waals surface area contributed by atoms with E-state index in [4.69, 9.17) is 37.1 Å². The molecular formula is C33H35Cl2N5O3. The Hall–Kier alpha value is -3.48. The molecule has 10 heteroatoms. The van der Waals surface area contributed by atoms with Gasteiger partial charge >= 0.3 is 0 Å². The second kappa shape index (κ2) is 13.0. The van der Waals surface area contributed by atoms with Crippen LogP contribution >= 0.6 is 23.2 Å². The van der Waals surface area contributed by atoms with Crippen LogP contribution in [0.25, 0.3) is 22.0 Å². The number of nitrogens with zero attached hydrogens (tertiary/aromatic N) is 4. The number of halogens is 2. The Bertz CT molecular complexity index is 1650. The molecule has 1 aliphatic heterocycles. The van der Waals surface area contributed by atoms with Crippen LogP contribution in [0, 0.1) is 11.3 Å². The van der Waals surface area contributed by atoms with Crippen molar-refractivity contribution in [2.45, 2.75) is 44.7 Å². The molecule has 1 aliphatic carbocycles. The standard InChI is InChI=1S/C33H35Cl2N5O3/c1-41-31-14-26-29(37-18-22(17-36)33(26)38-30-16-32(42-2)28(35)15-27(30)34)13-25(31)21-12-24(43-20-21)19-39-8-10-40(11-9-39)23-6-4-3-5-7-23/h12-16,18,20,23H,3-11,19H2,1-2H3,(H,37,38). The summed E-state index contributed by atoms with van der Waals surface area (Å²) in [5.41, 5.74) is 3.94. The van der Waals surface area contributed by atoms with Crippen LogP contribution in [0.5, 0.6) is 11.5 Å². The Labute approximate surface area is 262 Å². The van der Waals surface area contributed by atoms with Crippen LogP contribution in [-0.4, -0.2) is 61.2 Å². The topological polar surface area (TPSA) is 86.8 Å². The van der Waals surface area contributed by atoms with Gasteiger partial charge in [0, 0.05) is 61.0 Å². The van der Waals surface area contributed by atoms with Gasteiger partial charge in [0.2, 0.25) is 0 Å². The largest absolute Gasteiger partial charge is 0.496 e. The van der Waals surface area contributed by atoms with E-state index in [1.165, 1.54) is 39.2 Å². The summed E-state index contributed by atoms with van der Waals surface area (Å²) in [6, 6.07) is 12.2. The van der Waals surface area contributed by atoms with E-state index in [1.54, 1.807) is 31.7 Å². The van der Waals surface area contributed by atoms with E-state index in [-0.39, 0.29) is 0 Å². The fraction of sp³-hybridized carbons (Fsp3) is 0.394. The Morgan fingerprint density at radius 1 is 0.977 bits per heavy atom. The van der Waals surface area contributed by atoms with Gasteiger partial charge in [0.25, 0.3) is 0 Å². The quantitative estimate of drug-likeness (QED) is 0.213. The molecule has 1 saturated carbocycles. The number of piperazine rings is 1. The number of nitrogens with one attached hydrogen (secondary N) is 1. The first-order chi connectivity index (χ1) is 21.0. The molecule has 1 N–H and O–H groups in total. The normalized spacial score (nSPS) is 16.7. The lowest BCUT2D eigenvalue weighted by molar-refractivity contribution is 0.0722. The average molecular weight is 621 g/mol. The third kappa shape index (κ3) is 6.27. The molecule has 4 aromatic rings. The maximum atomic E-state index is 9.89. The number of furan rings is 1. The van der Waals surface area contributed by atoms with Crippen molar-refractivity contribution in [3.05, 3.63) is 64.2 Å². The first-order valence-electron chi connectivity index (χ1n) is 14.7. The van der Waals surface area contributed by atoms with Gasteiger partial charge in [-0.25, -0.2) is 0 Å². The van der Waals surface area contributed by atoms with Crippen LogP contribution in [-0.2, 0) is 6.54 Å². The summed E-state index contributed by atoms with van der Waals surface area (Å²) in [6.45, 7) is 5.12. The first kappa shape index (κ1) is 29.6. The number of fused-ring (bicyclic) bond motifs is 1. The van der Waals surface area contributed by atoms with Crippen LogP contribution < -0.4 is 14.8 Å². The average Bonchev–Trinajstić information content (AvgIpc) is 3.50. The Morgan fingerprint density at radius 3 is 2.47 bits per heavy atom. The van der Waals surface area contributed by atoms with Gasteiger partial charge < -0.3 is 19.2 Å². The number of pyridine rings is 1. The maximum absolute atomic E-state index is 9.89. The second-order valence-corrected chi connectivity index (χ2v) is 12.0. The number of hydrogen-bond donors (Lipinski definition) is 1. The number of hydrogen-bond acceptors (Lipinski definition) is 8. The van der Waals surface area contributed by atoms with Crippen LogP contribution in [0.1, 0.15) is 43.4 Å². The van der Waals surface area contributed by atoms with Crippen LogP contribution in [0.3, 0.4) is 0 Å². The number of anilines is 2. The zero-order valence-electron chi connectivity index (χ0n) is 24.5. The van der Waals surface area contributed by atoms with Gasteiger partial charge in [-0.3, -0.25) is 14.8 Å². The molecule has 3 heterocycles. The predicted molar refractivity (Wildman–Crippen MR) is 171 cm³/mol. The number of benzene rings is 2. The van der Waals surface area contributed by atoms with Gasteiger partial charge in [0.15, 0.2) is 0 Å². The lowest BCUT2D eigenvalue weighted by Gasteiger charge is -2.40. The van der Waals surface area contributed by atoms with Gasteiger partial charge in [0.05, 0.1) is 59.5 Å². The zero-order valence-corrected chi connectivity index (χ0v) is 26.0. The van der Waals surface area contributed by atoms with Crippen molar-refractivity contribution in [1.29, 1.82) is 5.26 Å². The van der Waals surface area contributed by atoms with Crippen molar-refractivity contribution < 1.29 is 13.9 Å². The summed E-state index contributed by atoms with van der Waals surface area (Å²) in [5, 5.41) is 14.7. The van der Waals surface area contributed by atoms with E-state index in [0.29, 0.717) is 49.4 Å². The molecule has 1 saturated heterocycles. The number of aromatic nitrogens is 1. The number of methoxy groups -OCH3 is 2. The van der Waals surface area contributed by atoms with Gasteiger partial charge in [-0.2, -0.15) is 5.26 Å². The number of nitriles is 1. The summed E-state index contributed by atoms with van der Waals surface area (Å²) in [5.74, 6) is 2.03. The molecule has 0 radical (unpaired) electrons. The summed E-state index contributed by atoms with van der Waals surface area (Å²) >= 11 is 12.7. The minimum atomic E-state index is 0.362. The molecule has 0 atom stereocenters. The van der Waals surface area contributed by atoms with Crippen molar-refractivity contribution in [3.63, 3.8) is 0 Å². The molecule has 6 rings (SSSR count). The molecule has 0 spiro atoms. The highest BCUT2D eigenvalue weighted by molar-refractivity contribution is 6.37. The molecule has 43 heavy (non-hydrogen) atoms. The number of rotatable bonds is 8. The van der Waals surface area contributed by atoms with E-state index < -0.39 is 0 Å². The predicted octanol–water partition coefficient (Wildman–Crippen LogP) is 7.88. The molecule has 0 unspecified atom stereocenters. The third-order valence-corrected chi connectivity index (χ3v) is 9.26. The van der Waals surface area contributed by atoms with Crippen LogP contribution in [0.15, 0.2) is 47.2 Å². The molecule has 0 bridgehead atoms. The highest BCUT2D eigenvalue weighted by atomic mass is 35.5. The Kier molecular flexibility index (Phi) is 8.96. The minimum absolute atomic E-state index is 0.362. The SMILES string of the molecule is COc1cc(Nc2c(C#N)cnc3cc(-c4coc(CN5CCN(C6CCCCC6)CC5)c4)c(OC)cc23)c(Cl)cc1Cl. The fourth-order valence-electron chi connectivity index (χ4n) is 6.31. The molecule has 2 aromatic carbocycles. The van der Waals surface area contributed by atoms with Crippen molar-refractivity contribution in [3.8, 4) is 28.7 Å². The fourth-order valence-corrected chi connectivity index (χ4v) is 6.81. The van der Waals surface area contributed by atoms with E-state index in [0.717, 1.165) is 55.7 Å². The molecule has 224 valence electrons.